The van der Waals surface area contributed by atoms with Crippen molar-refractivity contribution in [1.29, 1.82) is 0 Å². The monoisotopic (exact) mass is 338 g/mol. The lowest BCUT2D eigenvalue weighted by Gasteiger charge is -2.22. The maximum absolute atomic E-state index is 6.23. The number of nitrogen functional groups attached to an aromatic ring is 1. The Hall–Kier alpha value is -2.41. The number of hydrogen-bond donors (Lipinski definition) is 1. The van der Waals surface area contributed by atoms with Crippen LogP contribution in [0.5, 0.6) is 0 Å². The molecule has 7 heteroatoms. The van der Waals surface area contributed by atoms with E-state index in [1.54, 1.807) is 0 Å². The highest BCUT2D eigenvalue weighted by Crippen LogP contribution is 2.33. The summed E-state index contributed by atoms with van der Waals surface area (Å²) in [7, 11) is 0. The molecule has 1 saturated carbocycles. The minimum Gasteiger partial charge on any atom is -0.396 e. The molecule has 1 aliphatic heterocycles. The Morgan fingerprint density at radius 2 is 2.12 bits per heavy atom. The van der Waals surface area contributed by atoms with Gasteiger partial charge in [-0.2, -0.15) is 10.2 Å². The molecule has 2 aliphatic rings. The zero-order chi connectivity index (χ0) is 16.8. The largest absolute Gasteiger partial charge is 0.396 e. The highest BCUT2D eigenvalue weighted by molar-refractivity contribution is 5.83. The summed E-state index contributed by atoms with van der Waals surface area (Å²) < 4.78 is 9.73. The summed E-state index contributed by atoms with van der Waals surface area (Å²) in [5, 5.41) is 10.2. The summed E-state index contributed by atoms with van der Waals surface area (Å²) in [4.78, 5) is 4.55. The smallest absolute Gasteiger partial charge is 0.150 e. The molecule has 7 nitrogen and oxygen atoms in total. The zero-order valence-corrected chi connectivity index (χ0v) is 14.1. The fraction of sp³-hybridized carbons (Fsp3) is 0.500. The fourth-order valence-corrected chi connectivity index (χ4v) is 3.48. The highest BCUT2D eigenvalue weighted by Gasteiger charge is 2.23. The zero-order valence-electron chi connectivity index (χ0n) is 14.1. The standard InChI is InChI=1S/C18H22N6O/c19-14-11-24(17-3-1-2-6-25-17)22-18(14)15-7-16-13(8-20-15)9-21-23(16)10-12-4-5-12/h7-9,11-12,17H,1-6,10,19H2. The van der Waals surface area contributed by atoms with Crippen LogP contribution < -0.4 is 5.73 Å². The van der Waals surface area contributed by atoms with E-state index in [0.717, 1.165) is 60.6 Å². The molecule has 1 atom stereocenters. The van der Waals surface area contributed by atoms with Crippen molar-refractivity contribution in [1.82, 2.24) is 24.5 Å². The van der Waals surface area contributed by atoms with Crippen LogP contribution in [0.4, 0.5) is 5.69 Å². The Kier molecular flexibility index (Phi) is 3.48. The van der Waals surface area contributed by atoms with E-state index < -0.39 is 0 Å². The number of pyridine rings is 1. The van der Waals surface area contributed by atoms with E-state index in [9.17, 15) is 0 Å². The van der Waals surface area contributed by atoms with Gasteiger partial charge in [-0.05, 0) is 44.1 Å². The number of rotatable bonds is 4. The quantitative estimate of drug-likeness (QED) is 0.790. The van der Waals surface area contributed by atoms with Gasteiger partial charge < -0.3 is 10.5 Å². The molecule has 0 bridgehead atoms. The van der Waals surface area contributed by atoms with Gasteiger partial charge in [0.15, 0.2) is 0 Å². The van der Waals surface area contributed by atoms with Crippen molar-refractivity contribution in [3.05, 3.63) is 24.7 Å². The van der Waals surface area contributed by atoms with Crippen molar-refractivity contribution >= 4 is 16.6 Å². The second-order valence-corrected chi connectivity index (χ2v) is 7.13. The van der Waals surface area contributed by atoms with E-state index in [4.69, 9.17) is 10.5 Å². The molecule has 0 amide bonds. The van der Waals surface area contributed by atoms with Gasteiger partial charge in [0.1, 0.15) is 11.9 Å². The molecule has 1 aliphatic carbocycles. The molecule has 0 aromatic carbocycles. The topological polar surface area (TPSA) is 83.8 Å². The Morgan fingerprint density at radius 3 is 2.92 bits per heavy atom. The third-order valence-corrected chi connectivity index (χ3v) is 5.11. The van der Waals surface area contributed by atoms with Gasteiger partial charge in [-0.15, -0.1) is 0 Å². The minimum atomic E-state index is -0.0195. The average molecular weight is 338 g/mol. The van der Waals surface area contributed by atoms with Crippen LogP contribution in [0.15, 0.2) is 24.7 Å². The van der Waals surface area contributed by atoms with Crippen molar-refractivity contribution in [2.45, 2.75) is 44.9 Å². The molecule has 2 N–H and O–H groups in total. The molecule has 3 aromatic rings. The molecule has 2 fully saturated rings. The van der Waals surface area contributed by atoms with E-state index in [0.29, 0.717) is 5.69 Å². The predicted octanol–water partition coefficient (Wildman–Crippen LogP) is 2.99. The van der Waals surface area contributed by atoms with Crippen LogP contribution in [0.1, 0.15) is 38.3 Å². The van der Waals surface area contributed by atoms with Crippen molar-refractivity contribution in [2.24, 2.45) is 5.92 Å². The summed E-state index contributed by atoms with van der Waals surface area (Å²) in [5.41, 5.74) is 9.46. The van der Waals surface area contributed by atoms with Gasteiger partial charge in [0.05, 0.1) is 29.3 Å². The van der Waals surface area contributed by atoms with E-state index >= 15 is 0 Å². The molecule has 3 aromatic heterocycles. The van der Waals surface area contributed by atoms with Crippen molar-refractivity contribution in [3.8, 4) is 11.4 Å². The second kappa shape index (κ2) is 5.84. The Bertz CT molecular complexity index is 904. The van der Waals surface area contributed by atoms with Crippen molar-refractivity contribution < 1.29 is 4.74 Å². The van der Waals surface area contributed by atoms with Gasteiger partial charge in [-0.1, -0.05) is 0 Å². The first-order valence-corrected chi connectivity index (χ1v) is 9.06. The number of nitrogens with two attached hydrogens (primary N) is 1. The lowest BCUT2D eigenvalue weighted by atomic mass is 10.2. The highest BCUT2D eigenvalue weighted by atomic mass is 16.5. The summed E-state index contributed by atoms with van der Waals surface area (Å²) in [6.07, 6.45) is 11.4. The van der Waals surface area contributed by atoms with Crippen LogP contribution >= 0.6 is 0 Å². The van der Waals surface area contributed by atoms with Crippen LogP contribution in [0.2, 0.25) is 0 Å². The maximum atomic E-state index is 6.23. The van der Waals surface area contributed by atoms with Crippen LogP contribution in [0.25, 0.3) is 22.3 Å². The molecule has 0 spiro atoms. The molecule has 1 saturated heterocycles. The third kappa shape index (κ3) is 2.78. The van der Waals surface area contributed by atoms with E-state index in [2.05, 4.69) is 25.9 Å². The Labute approximate surface area is 145 Å². The number of ether oxygens (including phenoxy) is 1. The van der Waals surface area contributed by atoms with Crippen LogP contribution in [-0.4, -0.2) is 31.2 Å². The summed E-state index contributed by atoms with van der Waals surface area (Å²) in [6, 6.07) is 2.05. The van der Waals surface area contributed by atoms with Gasteiger partial charge in [0.25, 0.3) is 0 Å². The summed E-state index contributed by atoms with van der Waals surface area (Å²) >= 11 is 0. The normalized spacial score (nSPS) is 21.0. The van der Waals surface area contributed by atoms with Gasteiger partial charge in [-0.25, -0.2) is 4.68 Å². The number of anilines is 1. The van der Waals surface area contributed by atoms with Crippen molar-refractivity contribution in [2.75, 3.05) is 12.3 Å². The van der Waals surface area contributed by atoms with Crippen LogP contribution in [-0.2, 0) is 11.3 Å². The van der Waals surface area contributed by atoms with Gasteiger partial charge in [0.2, 0.25) is 0 Å². The molecule has 0 radical (unpaired) electrons. The van der Waals surface area contributed by atoms with Crippen molar-refractivity contribution in [3.63, 3.8) is 0 Å². The second-order valence-electron chi connectivity index (χ2n) is 7.13. The summed E-state index contributed by atoms with van der Waals surface area (Å²) in [6.45, 7) is 1.76. The number of hydrogen-bond acceptors (Lipinski definition) is 5. The molecule has 4 heterocycles. The Morgan fingerprint density at radius 1 is 1.20 bits per heavy atom. The minimum absolute atomic E-state index is 0.0195. The first-order valence-electron chi connectivity index (χ1n) is 9.06. The number of fused-ring (bicyclic) bond motifs is 1. The van der Waals surface area contributed by atoms with Gasteiger partial charge in [0, 0.05) is 24.7 Å². The van der Waals surface area contributed by atoms with Crippen LogP contribution in [0.3, 0.4) is 0 Å². The fourth-order valence-electron chi connectivity index (χ4n) is 3.48. The molecular weight excluding hydrogens is 316 g/mol. The first-order chi connectivity index (χ1) is 12.3. The summed E-state index contributed by atoms with van der Waals surface area (Å²) in [5.74, 6) is 0.771. The lowest BCUT2D eigenvalue weighted by molar-refractivity contribution is -0.0393. The SMILES string of the molecule is Nc1cn(C2CCCCO2)nc1-c1cc2c(cn1)cnn2CC1CC1. The molecule has 25 heavy (non-hydrogen) atoms. The Balaban J connectivity index is 1.50. The van der Waals surface area contributed by atoms with E-state index in [-0.39, 0.29) is 6.23 Å². The number of nitrogens with zero attached hydrogens (tertiary/aromatic N) is 5. The maximum Gasteiger partial charge on any atom is 0.150 e. The molecular formula is C18H22N6O. The lowest BCUT2D eigenvalue weighted by Crippen LogP contribution is -2.18. The first kappa shape index (κ1) is 14.9. The average Bonchev–Trinajstić information content (AvgIpc) is 3.25. The molecule has 130 valence electrons. The van der Waals surface area contributed by atoms with E-state index in [1.165, 1.54) is 12.8 Å². The van der Waals surface area contributed by atoms with E-state index in [1.807, 2.05) is 23.3 Å². The third-order valence-electron chi connectivity index (χ3n) is 5.11. The van der Waals surface area contributed by atoms with Crippen LogP contribution in [0, 0.1) is 5.92 Å². The van der Waals surface area contributed by atoms with Gasteiger partial charge >= 0.3 is 0 Å². The predicted molar refractivity (Wildman–Crippen MR) is 94.7 cm³/mol. The number of aromatic nitrogens is 5. The molecule has 1 unspecified atom stereocenters. The molecule has 5 rings (SSSR count). The van der Waals surface area contributed by atoms with Gasteiger partial charge in [-0.3, -0.25) is 9.67 Å².